The Hall–Kier alpha value is -1.33. The van der Waals surface area contributed by atoms with Crippen LogP contribution in [0.25, 0.3) is 11.3 Å². The second-order valence-electron chi connectivity index (χ2n) is 4.44. The molecule has 0 bridgehead atoms. The van der Waals surface area contributed by atoms with Crippen LogP contribution in [0, 0.1) is 0 Å². The van der Waals surface area contributed by atoms with Gasteiger partial charge in [-0.3, -0.25) is 4.79 Å². The van der Waals surface area contributed by atoms with E-state index in [-0.39, 0.29) is 5.75 Å². The van der Waals surface area contributed by atoms with Crippen molar-refractivity contribution in [1.82, 2.24) is 4.98 Å². The number of benzene rings is 1. The molecule has 3 rings (SSSR count). The number of carboxylic acids is 1. The molecule has 0 fully saturated rings. The third kappa shape index (κ3) is 2.67. The molecule has 1 aliphatic carbocycles. The molecule has 0 radical (unpaired) electrons. The number of rotatable bonds is 3. The Morgan fingerprint density at radius 3 is 3.05 bits per heavy atom. The van der Waals surface area contributed by atoms with Gasteiger partial charge in [-0.15, -0.1) is 11.3 Å². The van der Waals surface area contributed by atoms with Gasteiger partial charge >= 0.3 is 5.97 Å². The van der Waals surface area contributed by atoms with Crippen molar-refractivity contribution in [3.8, 4) is 11.3 Å². The average Bonchev–Trinajstić information content (AvgIpc) is 2.73. The first kappa shape index (κ1) is 12.7. The highest BCUT2D eigenvalue weighted by Gasteiger charge is 2.19. The molecule has 3 nitrogen and oxygen atoms in total. The van der Waals surface area contributed by atoms with E-state index in [0.29, 0.717) is 0 Å². The highest BCUT2D eigenvalue weighted by Crippen LogP contribution is 2.38. The lowest BCUT2D eigenvalue weighted by Gasteiger charge is -2.03. The lowest BCUT2D eigenvalue weighted by atomic mass is 10.0. The normalized spacial score (nSPS) is 13.5. The smallest absolute Gasteiger partial charge is 0.313 e. The number of aryl methyl sites for hydroxylation is 2. The van der Waals surface area contributed by atoms with Crippen LogP contribution in [-0.4, -0.2) is 21.8 Å². The monoisotopic (exact) mass is 291 g/mol. The molecule has 19 heavy (non-hydrogen) atoms. The lowest BCUT2D eigenvalue weighted by molar-refractivity contribution is -0.133. The van der Waals surface area contributed by atoms with Crippen LogP contribution in [0.5, 0.6) is 0 Å². The zero-order chi connectivity index (χ0) is 13.2. The number of aromatic nitrogens is 1. The van der Waals surface area contributed by atoms with Gasteiger partial charge < -0.3 is 5.11 Å². The molecule has 0 aliphatic heterocycles. The third-order valence-corrected chi connectivity index (χ3v) is 5.36. The predicted molar refractivity (Wildman–Crippen MR) is 77.9 cm³/mol. The van der Waals surface area contributed by atoms with E-state index in [1.54, 1.807) is 11.3 Å². The second kappa shape index (κ2) is 5.35. The summed E-state index contributed by atoms with van der Waals surface area (Å²) in [6.07, 6.45) is 3.27. The number of fused-ring (bicyclic) bond motifs is 3. The summed E-state index contributed by atoms with van der Waals surface area (Å²) in [7, 11) is 0. The summed E-state index contributed by atoms with van der Waals surface area (Å²) in [6, 6.07) is 8.38. The highest BCUT2D eigenvalue weighted by molar-refractivity contribution is 8.01. The fourth-order valence-corrected chi connectivity index (χ4v) is 4.27. The van der Waals surface area contributed by atoms with Crippen LogP contribution in [0.2, 0.25) is 0 Å². The molecule has 0 saturated heterocycles. The number of thiazole rings is 1. The van der Waals surface area contributed by atoms with Crippen molar-refractivity contribution in [3.63, 3.8) is 0 Å². The Labute approximate surface area is 119 Å². The molecule has 0 amide bonds. The summed E-state index contributed by atoms with van der Waals surface area (Å²) < 4.78 is 0.865. The van der Waals surface area contributed by atoms with Gasteiger partial charge in [-0.2, -0.15) is 0 Å². The topological polar surface area (TPSA) is 50.2 Å². The van der Waals surface area contributed by atoms with Gasteiger partial charge in [0.05, 0.1) is 11.4 Å². The number of carbonyl (C=O) groups is 1. The quantitative estimate of drug-likeness (QED) is 0.880. The molecule has 0 saturated carbocycles. The first-order chi connectivity index (χ1) is 9.24. The van der Waals surface area contributed by atoms with Gasteiger partial charge in [0.15, 0.2) is 4.34 Å². The van der Waals surface area contributed by atoms with E-state index in [1.807, 2.05) is 6.07 Å². The van der Waals surface area contributed by atoms with Crippen molar-refractivity contribution in [2.45, 2.75) is 23.6 Å². The Morgan fingerprint density at radius 1 is 1.37 bits per heavy atom. The molecular weight excluding hydrogens is 278 g/mol. The summed E-state index contributed by atoms with van der Waals surface area (Å²) in [5, 5.41) is 8.74. The Bertz CT molecular complexity index is 622. The van der Waals surface area contributed by atoms with Crippen molar-refractivity contribution in [2.24, 2.45) is 0 Å². The van der Waals surface area contributed by atoms with Crippen LogP contribution in [0.1, 0.15) is 16.9 Å². The summed E-state index contributed by atoms with van der Waals surface area (Å²) in [4.78, 5) is 16.6. The van der Waals surface area contributed by atoms with E-state index in [9.17, 15) is 4.79 Å². The van der Waals surface area contributed by atoms with Gasteiger partial charge in [0.1, 0.15) is 0 Å². The van der Waals surface area contributed by atoms with E-state index >= 15 is 0 Å². The van der Waals surface area contributed by atoms with Gasteiger partial charge in [-0.1, -0.05) is 36.0 Å². The first-order valence-electron chi connectivity index (χ1n) is 6.16. The average molecular weight is 291 g/mol. The zero-order valence-electron chi connectivity index (χ0n) is 10.3. The Balaban J connectivity index is 1.97. The number of aliphatic carboxylic acids is 1. The van der Waals surface area contributed by atoms with Crippen molar-refractivity contribution in [3.05, 3.63) is 34.7 Å². The maximum absolute atomic E-state index is 10.6. The molecule has 1 aliphatic rings. The predicted octanol–water partition coefficient (Wildman–Crippen LogP) is 3.48. The molecule has 5 heteroatoms. The van der Waals surface area contributed by atoms with Gasteiger partial charge in [-0.05, 0) is 24.8 Å². The van der Waals surface area contributed by atoms with Crippen LogP contribution in [0.3, 0.4) is 0 Å². The standard InChI is InChI=1S/C14H13NO2S2/c16-12(17)8-18-14-15-13-10-6-2-1-4-9(10)5-3-7-11(13)19-14/h1-2,4,6H,3,5,7-8H2,(H,16,17). The lowest BCUT2D eigenvalue weighted by Crippen LogP contribution is -1.97. The molecule has 1 aromatic carbocycles. The fourth-order valence-electron chi connectivity index (χ4n) is 2.30. The van der Waals surface area contributed by atoms with Crippen LogP contribution < -0.4 is 0 Å². The van der Waals surface area contributed by atoms with Crippen LogP contribution >= 0.6 is 23.1 Å². The minimum absolute atomic E-state index is 0.0774. The van der Waals surface area contributed by atoms with Crippen molar-refractivity contribution in [1.29, 1.82) is 0 Å². The highest BCUT2D eigenvalue weighted by atomic mass is 32.2. The van der Waals surface area contributed by atoms with Gasteiger partial charge in [0.25, 0.3) is 0 Å². The molecule has 1 heterocycles. The minimum Gasteiger partial charge on any atom is -0.481 e. The first-order valence-corrected chi connectivity index (χ1v) is 7.97. The number of hydrogen-bond donors (Lipinski definition) is 1. The molecule has 1 aromatic heterocycles. The van der Waals surface area contributed by atoms with E-state index in [2.05, 4.69) is 23.2 Å². The Morgan fingerprint density at radius 2 is 2.21 bits per heavy atom. The molecular formula is C14H13NO2S2. The SMILES string of the molecule is O=C(O)CSc1nc2c(s1)CCCc1ccccc1-2. The van der Waals surface area contributed by atoms with E-state index in [0.717, 1.165) is 29.3 Å². The second-order valence-corrected chi connectivity index (χ2v) is 6.75. The van der Waals surface area contributed by atoms with Crippen molar-refractivity contribution < 1.29 is 9.90 Å². The van der Waals surface area contributed by atoms with Crippen LogP contribution in [-0.2, 0) is 17.6 Å². The fraction of sp³-hybridized carbons (Fsp3) is 0.286. The maximum Gasteiger partial charge on any atom is 0.313 e. The van der Waals surface area contributed by atoms with Crippen molar-refractivity contribution in [2.75, 3.05) is 5.75 Å². The van der Waals surface area contributed by atoms with E-state index in [1.165, 1.54) is 27.8 Å². The number of nitrogens with zero attached hydrogens (tertiary/aromatic N) is 1. The Kier molecular flexibility index (Phi) is 3.57. The number of carboxylic acid groups (broad SMARTS) is 1. The molecule has 0 unspecified atom stereocenters. The largest absolute Gasteiger partial charge is 0.481 e. The summed E-state index contributed by atoms with van der Waals surface area (Å²) >= 11 is 2.95. The van der Waals surface area contributed by atoms with Crippen molar-refractivity contribution >= 4 is 29.1 Å². The molecule has 98 valence electrons. The third-order valence-electron chi connectivity index (χ3n) is 3.12. The van der Waals surface area contributed by atoms with Crippen LogP contribution in [0.4, 0.5) is 0 Å². The minimum atomic E-state index is -0.796. The summed E-state index contributed by atoms with van der Waals surface area (Å²) in [5.74, 6) is -0.718. The number of hydrogen-bond acceptors (Lipinski definition) is 4. The maximum atomic E-state index is 10.6. The summed E-state index contributed by atoms with van der Waals surface area (Å²) in [5.41, 5.74) is 3.63. The van der Waals surface area contributed by atoms with E-state index < -0.39 is 5.97 Å². The number of thioether (sulfide) groups is 1. The van der Waals surface area contributed by atoms with Gasteiger partial charge in [-0.25, -0.2) is 4.98 Å². The molecule has 2 aromatic rings. The van der Waals surface area contributed by atoms with Gasteiger partial charge in [0, 0.05) is 10.4 Å². The van der Waals surface area contributed by atoms with E-state index in [4.69, 9.17) is 5.11 Å². The molecule has 0 spiro atoms. The van der Waals surface area contributed by atoms with Crippen LogP contribution in [0.15, 0.2) is 28.6 Å². The zero-order valence-corrected chi connectivity index (χ0v) is 11.9. The summed E-state index contributed by atoms with van der Waals surface area (Å²) in [6.45, 7) is 0. The molecule has 1 N–H and O–H groups in total. The molecule has 0 atom stereocenters. The van der Waals surface area contributed by atoms with Gasteiger partial charge in [0.2, 0.25) is 0 Å².